The minimum Gasteiger partial charge on any atom is -0.496 e. The van der Waals surface area contributed by atoms with E-state index in [1.54, 1.807) is 30.2 Å². The minimum absolute atomic E-state index is 0.140. The topological polar surface area (TPSA) is 90.8 Å². The minimum atomic E-state index is -0.156. The molecule has 1 amide bonds. The van der Waals surface area contributed by atoms with Crippen molar-refractivity contribution in [1.29, 1.82) is 0 Å². The van der Waals surface area contributed by atoms with Crippen LogP contribution in [-0.2, 0) is 17.8 Å². The lowest BCUT2D eigenvalue weighted by atomic mass is 10.1. The number of hydrogen-bond donors (Lipinski definition) is 0. The summed E-state index contributed by atoms with van der Waals surface area (Å²) in [6, 6.07) is 7.37. The summed E-state index contributed by atoms with van der Waals surface area (Å²) in [7, 11) is 1.62. The van der Waals surface area contributed by atoms with Gasteiger partial charge in [-0.2, -0.15) is 0 Å². The fraction of sp³-hybridized carbons (Fsp3) is 0.348. The van der Waals surface area contributed by atoms with Gasteiger partial charge in [0.25, 0.3) is 5.89 Å². The maximum atomic E-state index is 12.9. The Morgan fingerprint density at radius 1 is 1.35 bits per heavy atom. The molecule has 3 aromatic rings. The van der Waals surface area contributed by atoms with Crippen molar-refractivity contribution in [2.24, 2.45) is 0 Å². The van der Waals surface area contributed by atoms with Crippen LogP contribution in [0.2, 0.25) is 0 Å². The van der Waals surface area contributed by atoms with E-state index in [0.29, 0.717) is 23.9 Å². The van der Waals surface area contributed by atoms with Gasteiger partial charge in [0.15, 0.2) is 5.76 Å². The number of furan rings is 1. The van der Waals surface area contributed by atoms with Gasteiger partial charge in [-0.05, 0) is 43.7 Å². The molecule has 0 saturated carbocycles. The molecular formula is C23H25N3O5. The molecule has 31 heavy (non-hydrogen) atoms. The second kappa shape index (κ2) is 9.07. The summed E-state index contributed by atoms with van der Waals surface area (Å²) in [5.74, 6) is 2.52. The molecule has 8 heteroatoms. The second-order valence-electron chi connectivity index (χ2n) is 7.41. The molecule has 8 nitrogen and oxygen atoms in total. The molecule has 2 aromatic heterocycles. The summed E-state index contributed by atoms with van der Waals surface area (Å²) in [5, 5.41) is 8.03. The maximum Gasteiger partial charge on any atom is 0.283 e. The monoisotopic (exact) mass is 423 g/mol. The Labute approximate surface area is 180 Å². The third-order valence-corrected chi connectivity index (χ3v) is 4.98. The smallest absolute Gasteiger partial charge is 0.283 e. The van der Waals surface area contributed by atoms with Gasteiger partial charge in [-0.25, -0.2) is 0 Å². The molecule has 162 valence electrons. The number of hydrogen-bond acceptors (Lipinski definition) is 7. The molecule has 1 aromatic carbocycles. The van der Waals surface area contributed by atoms with Crippen molar-refractivity contribution in [1.82, 2.24) is 15.1 Å². The predicted molar refractivity (Wildman–Crippen MR) is 114 cm³/mol. The van der Waals surface area contributed by atoms with Crippen LogP contribution in [0, 0.1) is 0 Å². The van der Waals surface area contributed by atoms with Crippen molar-refractivity contribution in [2.75, 3.05) is 13.7 Å². The maximum absolute atomic E-state index is 12.9. The van der Waals surface area contributed by atoms with Crippen molar-refractivity contribution in [3.63, 3.8) is 0 Å². The highest BCUT2D eigenvalue weighted by molar-refractivity contribution is 5.92. The third-order valence-electron chi connectivity index (χ3n) is 4.98. The van der Waals surface area contributed by atoms with Crippen molar-refractivity contribution < 1.29 is 23.1 Å². The van der Waals surface area contributed by atoms with E-state index in [9.17, 15) is 4.79 Å². The van der Waals surface area contributed by atoms with Gasteiger partial charge in [-0.3, -0.25) is 4.79 Å². The van der Waals surface area contributed by atoms with Crippen molar-refractivity contribution in [3.05, 3.63) is 53.6 Å². The number of carbonyl (C=O) groups is 1. The Morgan fingerprint density at radius 3 is 2.97 bits per heavy atom. The van der Waals surface area contributed by atoms with Gasteiger partial charge in [0.1, 0.15) is 17.6 Å². The number of carbonyl (C=O) groups excluding carboxylic acids is 1. The van der Waals surface area contributed by atoms with Crippen LogP contribution in [0.3, 0.4) is 0 Å². The van der Waals surface area contributed by atoms with E-state index in [1.807, 2.05) is 26.0 Å². The Balaban J connectivity index is 1.49. The molecule has 0 saturated heterocycles. The molecule has 4 rings (SSSR count). The third kappa shape index (κ3) is 4.63. The van der Waals surface area contributed by atoms with E-state index in [1.165, 1.54) is 12.3 Å². The van der Waals surface area contributed by atoms with Crippen LogP contribution in [0.25, 0.3) is 17.7 Å². The molecule has 0 radical (unpaired) electrons. The summed E-state index contributed by atoms with van der Waals surface area (Å²) in [6.07, 6.45) is 6.60. The van der Waals surface area contributed by atoms with Crippen LogP contribution in [-0.4, -0.2) is 40.8 Å². The molecule has 3 heterocycles. The van der Waals surface area contributed by atoms with Gasteiger partial charge in [0.2, 0.25) is 11.8 Å². The summed E-state index contributed by atoms with van der Waals surface area (Å²) in [5.41, 5.74) is 1.90. The van der Waals surface area contributed by atoms with E-state index in [0.717, 1.165) is 29.7 Å². The number of fused-ring (bicyclic) bond motifs is 1. The highest BCUT2D eigenvalue weighted by atomic mass is 16.5. The normalized spacial score (nSPS) is 15.1. The molecule has 0 spiro atoms. The molecule has 0 unspecified atom stereocenters. The number of benzene rings is 1. The average molecular weight is 423 g/mol. The summed E-state index contributed by atoms with van der Waals surface area (Å²) in [6.45, 7) is 4.81. The van der Waals surface area contributed by atoms with E-state index in [-0.39, 0.29) is 24.4 Å². The SMILES string of the molecule is CCCN(Cc1nnc(-c2ccco2)o1)C(=O)/C=C/c1cc2c(cc1OC)C[C@H](C)O2. The van der Waals surface area contributed by atoms with E-state index in [2.05, 4.69) is 10.2 Å². The molecule has 0 fully saturated rings. The number of nitrogens with zero attached hydrogens (tertiary/aromatic N) is 3. The number of rotatable bonds is 8. The molecular weight excluding hydrogens is 398 g/mol. The number of methoxy groups -OCH3 is 1. The molecule has 0 N–H and O–H groups in total. The molecule has 1 aliphatic heterocycles. The van der Waals surface area contributed by atoms with E-state index in [4.69, 9.17) is 18.3 Å². The first kappa shape index (κ1) is 20.7. The van der Waals surface area contributed by atoms with Gasteiger partial charge < -0.3 is 23.2 Å². The Morgan fingerprint density at radius 2 is 2.23 bits per heavy atom. The van der Waals surface area contributed by atoms with Crippen molar-refractivity contribution >= 4 is 12.0 Å². The fourth-order valence-corrected chi connectivity index (χ4v) is 3.55. The van der Waals surface area contributed by atoms with Crippen LogP contribution < -0.4 is 9.47 Å². The standard InChI is InChI=1S/C23H25N3O5/c1-4-9-26(14-21-24-25-23(31-21)18-6-5-10-29-18)22(27)8-7-16-12-20-17(11-15(2)30-20)13-19(16)28-3/h5-8,10,12-13,15H,4,9,11,14H2,1-3H3/b8-7+/t15-/m0/s1. The van der Waals surface area contributed by atoms with Crippen LogP contribution in [0.1, 0.15) is 37.3 Å². The predicted octanol–water partition coefficient (Wildman–Crippen LogP) is 4.11. The molecule has 1 aliphatic rings. The van der Waals surface area contributed by atoms with Gasteiger partial charge in [-0.15, -0.1) is 10.2 Å². The quantitative estimate of drug-likeness (QED) is 0.504. The zero-order chi connectivity index (χ0) is 21.8. The second-order valence-corrected chi connectivity index (χ2v) is 7.41. The highest BCUT2D eigenvalue weighted by Crippen LogP contribution is 2.35. The number of aromatic nitrogens is 2. The summed E-state index contributed by atoms with van der Waals surface area (Å²) < 4.78 is 22.3. The fourth-order valence-electron chi connectivity index (χ4n) is 3.55. The zero-order valence-corrected chi connectivity index (χ0v) is 17.8. The summed E-state index contributed by atoms with van der Waals surface area (Å²) in [4.78, 5) is 14.6. The number of amides is 1. The van der Waals surface area contributed by atoms with Crippen molar-refractivity contribution in [3.8, 4) is 23.1 Å². The first-order valence-electron chi connectivity index (χ1n) is 10.3. The molecule has 1 atom stereocenters. The largest absolute Gasteiger partial charge is 0.496 e. The average Bonchev–Trinajstić information content (AvgIpc) is 3.50. The highest BCUT2D eigenvalue weighted by Gasteiger charge is 2.21. The first-order valence-corrected chi connectivity index (χ1v) is 10.3. The Bertz CT molecular complexity index is 1070. The first-order chi connectivity index (χ1) is 15.1. The lowest BCUT2D eigenvalue weighted by molar-refractivity contribution is -0.126. The zero-order valence-electron chi connectivity index (χ0n) is 17.8. The van der Waals surface area contributed by atoms with E-state index < -0.39 is 0 Å². The van der Waals surface area contributed by atoms with Gasteiger partial charge in [0.05, 0.1) is 19.9 Å². The van der Waals surface area contributed by atoms with Crippen molar-refractivity contribution in [2.45, 2.75) is 39.3 Å². The lowest BCUT2D eigenvalue weighted by Gasteiger charge is -2.18. The van der Waals surface area contributed by atoms with Gasteiger partial charge >= 0.3 is 0 Å². The van der Waals surface area contributed by atoms with Crippen LogP contribution >= 0.6 is 0 Å². The van der Waals surface area contributed by atoms with E-state index >= 15 is 0 Å². The summed E-state index contributed by atoms with van der Waals surface area (Å²) >= 11 is 0. The van der Waals surface area contributed by atoms with Crippen LogP contribution in [0.4, 0.5) is 0 Å². The van der Waals surface area contributed by atoms with Gasteiger partial charge in [-0.1, -0.05) is 6.92 Å². The lowest BCUT2D eigenvalue weighted by Crippen LogP contribution is -2.29. The molecule has 0 bridgehead atoms. The molecule has 0 aliphatic carbocycles. The van der Waals surface area contributed by atoms with Gasteiger partial charge in [0, 0.05) is 30.2 Å². The van der Waals surface area contributed by atoms with Crippen LogP contribution in [0.15, 0.2) is 45.4 Å². The Hall–Kier alpha value is -3.55. The number of ether oxygens (including phenoxy) is 2. The van der Waals surface area contributed by atoms with Crippen LogP contribution in [0.5, 0.6) is 11.5 Å². The Kier molecular flexibility index (Phi) is 6.06.